The molecular weight excluding hydrogens is 323 g/mol. The Morgan fingerprint density at radius 1 is 1.29 bits per heavy atom. The predicted octanol–water partition coefficient (Wildman–Crippen LogP) is 2.69. The Kier molecular flexibility index (Phi) is 5.05. The fraction of sp³-hybridized carbons (Fsp3) is 0.500. The van der Waals surface area contributed by atoms with Crippen molar-refractivity contribution in [3.8, 4) is 0 Å². The number of hydrogen-bond acceptors (Lipinski definition) is 3. The highest BCUT2D eigenvalue weighted by Gasteiger charge is 2.41. The van der Waals surface area contributed by atoms with Crippen molar-refractivity contribution in [3.63, 3.8) is 0 Å². The molecule has 1 aromatic rings. The summed E-state index contributed by atoms with van der Waals surface area (Å²) < 4.78 is 37.7. The minimum Gasteiger partial charge on any atom is -0.368 e. The van der Waals surface area contributed by atoms with Crippen molar-refractivity contribution >= 4 is 23.2 Å². The van der Waals surface area contributed by atoms with Crippen LogP contribution in [0.15, 0.2) is 18.2 Å². The maximum atomic E-state index is 12.6. The van der Waals surface area contributed by atoms with Gasteiger partial charge in [0, 0.05) is 31.0 Å². The normalized spacial score (nSPS) is 18.4. The molecule has 8 heteroatoms. The molecule has 0 unspecified atom stereocenters. The topological polar surface area (TPSA) is 66.6 Å². The quantitative estimate of drug-likeness (QED) is 0.918. The smallest absolute Gasteiger partial charge is 0.368 e. The molecule has 1 aliphatic heterocycles. The molecule has 0 spiro atoms. The van der Waals surface area contributed by atoms with Crippen LogP contribution in [0.2, 0.25) is 0 Å². The first-order chi connectivity index (χ1) is 11.1. The molecule has 1 aromatic carbocycles. The van der Waals surface area contributed by atoms with Gasteiger partial charge >= 0.3 is 12.1 Å². The second-order valence-electron chi connectivity index (χ2n) is 5.97. The number of benzene rings is 1. The van der Waals surface area contributed by atoms with Crippen LogP contribution < -0.4 is 15.5 Å². The summed E-state index contributed by atoms with van der Waals surface area (Å²) in [6.07, 6.45) is -1.96. The number of amides is 2. The number of carbonyl (C=O) groups excluding carboxylic acids is 2. The van der Waals surface area contributed by atoms with E-state index in [0.717, 1.165) is 32.9 Å². The van der Waals surface area contributed by atoms with Gasteiger partial charge in [0.2, 0.25) is 0 Å². The molecule has 24 heavy (non-hydrogen) atoms. The molecule has 0 aliphatic carbocycles. The van der Waals surface area contributed by atoms with Crippen LogP contribution in [0.5, 0.6) is 0 Å². The predicted molar refractivity (Wildman–Crippen MR) is 85.1 cm³/mol. The third-order valence-electron chi connectivity index (χ3n) is 4.29. The number of anilines is 2. The van der Waals surface area contributed by atoms with Crippen molar-refractivity contribution in [1.82, 2.24) is 0 Å². The molecule has 2 N–H and O–H groups in total. The van der Waals surface area contributed by atoms with Gasteiger partial charge in [-0.05, 0) is 44.4 Å². The minimum absolute atomic E-state index is 0.0282. The molecule has 0 saturated carbocycles. The van der Waals surface area contributed by atoms with Crippen molar-refractivity contribution in [2.24, 2.45) is 5.73 Å². The van der Waals surface area contributed by atoms with Gasteiger partial charge in [-0.25, -0.2) is 0 Å². The fourth-order valence-corrected chi connectivity index (χ4v) is 2.94. The summed E-state index contributed by atoms with van der Waals surface area (Å²) in [4.78, 5) is 25.6. The van der Waals surface area contributed by atoms with Crippen LogP contribution in [0.1, 0.15) is 36.5 Å². The highest BCUT2D eigenvalue weighted by atomic mass is 19.4. The molecule has 0 aromatic heterocycles. The monoisotopic (exact) mass is 343 g/mol. The highest BCUT2D eigenvalue weighted by molar-refractivity contribution is 6.02. The van der Waals surface area contributed by atoms with Crippen LogP contribution in [0.25, 0.3) is 0 Å². The molecule has 1 heterocycles. The first-order valence-electron chi connectivity index (χ1n) is 7.68. The zero-order valence-corrected chi connectivity index (χ0v) is 13.6. The average molecular weight is 343 g/mol. The van der Waals surface area contributed by atoms with E-state index in [0.29, 0.717) is 10.6 Å². The summed E-state index contributed by atoms with van der Waals surface area (Å²) in [6, 6.07) is 4.39. The summed E-state index contributed by atoms with van der Waals surface area (Å²) in [5.74, 6) is -2.74. The molecule has 1 fully saturated rings. The molecule has 5 nitrogen and oxygen atoms in total. The second kappa shape index (κ2) is 6.70. The number of piperidine rings is 1. The van der Waals surface area contributed by atoms with Crippen LogP contribution in [0.4, 0.5) is 24.5 Å². The Morgan fingerprint density at radius 2 is 1.96 bits per heavy atom. The minimum atomic E-state index is -4.98. The lowest BCUT2D eigenvalue weighted by Gasteiger charge is -2.36. The van der Waals surface area contributed by atoms with Crippen molar-refractivity contribution < 1.29 is 22.8 Å². The molecule has 2 amide bonds. The molecule has 1 saturated heterocycles. The summed E-state index contributed by atoms with van der Waals surface area (Å²) in [7, 11) is 1.01. The summed E-state index contributed by atoms with van der Waals surface area (Å²) in [6.45, 7) is 2.77. The standard InChI is InChI=1S/C16H20F3N3O2/c1-10-5-3-4-8-22(10)13-7-6-11(9-12(13)14(20)23)21(2)15(24)16(17,18)19/h6-7,9-10H,3-5,8H2,1-2H3,(H2,20,23)/t10-/m1/s1. The second-order valence-corrected chi connectivity index (χ2v) is 5.97. The van der Waals surface area contributed by atoms with Crippen LogP contribution in [-0.2, 0) is 4.79 Å². The zero-order chi connectivity index (χ0) is 18.1. The van der Waals surface area contributed by atoms with Gasteiger partial charge in [-0.15, -0.1) is 0 Å². The van der Waals surface area contributed by atoms with Crippen LogP contribution in [0, 0.1) is 0 Å². The number of primary amides is 1. The SMILES string of the molecule is C[C@@H]1CCCCN1c1ccc(N(C)C(=O)C(F)(F)F)cc1C(N)=O. The first-order valence-corrected chi connectivity index (χ1v) is 7.68. The van der Waals surface area contributed by atoms with E-state index in [1.807, 2.05) is 11.8 Å². The van der Waals surface area contributed by atoms with Gasteiger partial charge in [0.1, 0.15) is 0 Å². The zero-order valence-electron chi connectivity index (χ0n) is 13.6. The summed E-state index contributed by atoms with van der Waals surface area (Å²) in [5.41, 5.74) is 6.08. The third kappa shape index (κ3) is 3.63. The number of alkyl halides is 3. The molecule has 1 atom stereocenters. The van der Waals surface area contributed by atoms with Gasteiger partial charge in [0.05, 0.1) is 5.56 Å². The average Bonchev–Trinajstić information content (AvgIpc) is 2.52. The Labute approximate surface area is 138 Å². The number of rotatable bonds is 3. The van der Waals surface area contributed by atoms with Crippen LogP contribution in [0.3, 0.4) is 0 Å². The highest BCUT2D eigenvalue weighted by Crippen LogP contribution is 2.31. The maximum Gasteiger partial charge on any atom is 0.471 e. The van der Waals surface area contributed by atoms with E-state index >= 15 is 0 Å². The van der Waals surface area contributed by atoms with E-state index in [2.05, 4.69) is 0 Å². The van der Waals surface area contributed by atoms with Crippen LogP contribution >= 0.6 is 0 Å². The molecule has 0 radical (unpaired) electrons. The Morgan fingerprint density at radius 3 is 2.50 bits per heavy atom. The van der Waals surface area contributed by atoms with Gasteiger partial charge in [-0.1, -0.05) is 0 Å². The fourth-order valence-electron chi connectivity index (χ4n) is 2.94. The molecule has 132 valence electrons. The number of carbonyl (C=O) groups is 2. The van der Waals surface area contributed by atoms with E-state index < -0.39 is 18.0 Å². The van der Waals surface area contributed by atoms with Crippen molar-refractivity contribution in [1.29, 1.82) is 0 Å². The van der Waals surface area contributed by atoms with Gasteiger partial charge in [0.15, 0.2) is 0 Å². The summed E-state index contributed by atoms with van der Waals surface area (Å²) in [5, 5.41) is 0. The lowest BCUT2D eigenvalue weighted by atomic mass is 10.0. The van der Waals surface area contributed by atoms with Gasteiger partial charge < -0.3 is 15.5 Å². The Balaban J connectivity index is 2.40. The third-order valence-corrected chi connectivity index (χ3v) is 4.29. The Bertz CT molecular complexity index is 646. The van der Waals surface area contributed by atoms with Crippen molar-refractivity contribution in [2.45, 2.75) is 38.4 Å². The van der Waals surface area contributed by atoms with Crippen LogP contribution in [-0.4, -0.2) is 37.6 Å². The molecule has 1 aliphatic rings. The molecule has 2 rings (SSSR count). The Hall–Kier alpha value is -2.25. The lowest BCUT2D eigenvalue weighted by Crippen LogP contribution is -2.40. The summed E-state index contributed by atoms with van der Waals surface area (Å²) >= 11 is 0. The van der Waals surface area contributed by atoms with Gasteiger partial charge in [-0.3, -0.25) is 9.59 Å². The largest absolute Gasteiger partial charge is 0.471 e. The van der Waals surface area contributed by atoms with Crippen molar-refractivity contribution in [3.05, 3.63) is 23.8 Å². The van der Waals surface area contributed by atoms with Crippen molar-refractivity contribution in [2.75, 3.05) is 23.4 Å². The van der Waals surface area contributed by atoms with Gasteiger partial charge in [-0.2, -0.15) is 13.2 Å². The number of hydrogen-bond donors (Lipinski definition) is 1. The van der Waals surface area contributed by atoms with E-state index in [1.165, 1.54) is 12.1 Å². The van der Waals surface area contributed by atoms with E-state index in [4.69, 9.17) is 5.73 Å². The number of halogens is 3. The molecule has 0 bridgehead atoms. The van der Waals surface area contributed by atoms with E-state index in [1.54, 1.807) is 6.07 Å². The van der Waals surface area contributed by atoms with Gasteiger partial charge in [0.25, 0.3) is 5.91 Å². The first kappa shape index (κ1) is 18.1. The van der Waals surface area contributed by atoms with E-state index in [-0.39, 0.29) is 17.3 Å². The number of nitrogens with two attached hydrogens (primary N) is 1. The number of nitrogens with zero attached hydrogens (tertiary/aromatic N) is 2. The maximum absolute atomic E-state index is 12.6. The molecular formula is C16H20F3N3O2. The van der Waals surface area contributed by atoms with E-state index in [9.17, 15) is 22.8 Å². The lowest BCUT2D eigenvalue weighted by molar-refractivity contribution is -0.170.